The average molecular weight is 463 g/mol. The van der Waals surface area contributed by atoms with Gasteiger partial charge in [0, 0.05) is 19.6 Å². The number of morpholine rings is 1. The van der Waals surface area contributed by atoms with Crippen molar-refractivity contribution in [1.82, 2.24) is 19.8 Å². The van der Waals surface area contributed by atoms with Crippen LogP contribution in [0.1, 0.15) is 5.69 Å². The van der Waals surface area contributed by atoms with Gasteiger partial charge in [0.25, 0.3) is 5.52 Å². The van der Waals surface area contributed by atoms with Gasteiger partial charge in [-0.15, -0.1) is 13.2 Å². The van der Waals surface area contributed by atoms with Crippen molar-refractivity contribution in [1.29, 1.82) is 0 Å². The molecule has 0 radical (unpaired) electrons. The average Bonchev–Trinajstić information content (AvgIpc) is 3.12. The molecule has 0 amide bonds. The van der Waals surface area contributed by atoms with Gasteiger partial charge in [0.1, 0.15) is 22.2 Å². The highest BCUT2D eigenvalue weighted by Gasteiger charge is 2.32. The third-order valence-electron chi connectivity index (χ3n) is 5.23. The number of hydrogen-bond donors (Lipinski definition) is 1. The van der Waals surface area contributed by atoms with Crippen LogP contribution in [-0.2, 0) is 11.3 Å². The van der Waals surface area contributed by atoms with Crippen molar-refractivity contribution < 1.29 is 37.7 Å². The number of halogens is 3. The van der Waals surface area contributed by atoms with E-state index in [2.05, 4.69) is 14.9 Å². The number of rotatable bonds is 4. The minimum atomic E-state index is -4.78. The Balaban J connectivity index is 0.00000259. The van der Waals surface area contributed by atoms with Crippen molar-refractivity contribution in [2.45, 2.75) is 12.9 Å². The highest BCUT2D eigenvalue weighted by molar-refractivity contribution is 5.74. The molecule has 0 aliphatic carbocycles. The molecule has 174 valence electrons. The summed E-state index contributed by atoms with van der Waals surface area (Å²) in [5, 5.41) is 15.6. The SMILES string of the molecule is Oc1c2c(CN3CCOCC3)nc3ccccc3[n+]2nn1-c1ccc(OC(F)(F)F)cc1.[OH-]. The van der Waals surface area contributed by atoms with Crippen LogP contribution in [-0.4, -0.2) is 63.0 Å². The Morgan fingerprint density at radius 1 is 1.06 bits per heavy atom. The molecule has 2 aromatic heterocycles. The summed E-state index contributed by atoms with van der Waals surface area (Å²) in [6.45, 7) is 3.24. The van der Waals surface area contributed by atoms with E-state index < -0.39 is 6.36 Å². The van der Waals surface area contributed by atoms with E-state index in [4.69, 9.17) is 9.72 Å². The summed E-state index contributed by atoms with van der Waals surface area (Å²) >= 11 is 0. The molecule has 12 heteroatoms. The first-order valence-electron chi connectivity index (χ1n) is 9.97. The molecule has 0 spiro atoms. The fraction of sp³-hybridized carbons (Fsp3) is 0.286. The Morgan fingerprint density at radius 3 is 2.45 bits per heavy atom. The van der Waals surface area contributed by atoms with Gasteiger partial charge < -0.3 is 20.1 Å². The molecule has 0 bridgehead atoms. The second-order valence-electron chi connectivity index (χ2n) is 7.36. The van der Waals surface area contributed by atoms with Crippen LogP contribution in [0.4, 0.5) is 13.2 Å². The molecular weight excluding hydrogens is 443 g/mol. The van der Waals surface area contributed by atoms with E-state index >= 15 is 0 Å². The molecule has 2 N–H and O–H groups in total. The Hall–Kier alpha value is -3.48. The number of fused-ring (bicyclic) bond motifs is 3. The van der Waals surface area contributed by atoms with Crippen LogP contribution in [0.15, 0.2) is 48.5 Å². The number of nitrogens with zero attached hydrogens (tertiary/aromatic N) is 5. The van der Waals surface area contributed by atoms with Gasteiger partial charge in [-0.25, -0.2) is 4.98 Å². The number of aromatic nitrogens is 4. The van der Waals surface area contributed by atoms with Crippen LogP contribution in [0.3, 0.4) is 0 Å². The van der Waals surface area contributed by atoms with E-state index in [1.54, 1.807) is 4.52 Å². The largest absolute Gasteiger partial charge is 0.870 e. The molecule has 4 aromatic rings. The van der Waals surface area contributed by atoms with Crippen LogP contribution in [0.5, 0.6) is 11.6 Å². The van der Waals surface area contributed by atoms with Gasteiger partial charge in [0.15, 0.2) is 11.2 Å². The lowest BCUT2D eigenvalue weighted by molar-refractivity contribution is -0.556. The first-order chi connectivity index (χ1) is 15.4. The van der Waals surface area contributed by atoms with Gasteiger partial charge in [-0.3, -0.25) is 4.90 Å². The van der Waals surface area contributed by atoms with Gasteiger partial charge in [-0.05, 0) is 36.4 Å². The number of para-hydroxylation sites is 2. The Morgan fingerprint density at radius 2 is 1.76 bits per heavy atom. The fourth-order valence-corrected chi connectivity index (χ4v) is 3.77. The maximum absolute atomic E-state index is 12.5. The monoisotopic (exact) mass is 463 g/mol. The number of aromatic hydroxyl groups is 1. The predicted molar refractivity (Wildman–Crippen MR) is 108 cm³/mol. The first-order valence-corrected chi connectivity index (χ1v) is 9.97. The minimum Gasteiger partial charge on any atom is -0.870 e. The minimum absolute atomic E-state index is 0. The summed E-state index contributed by atoms with van der Waals surface area (Å²) in [5.74, 6) is -0.513. The molecule has 1 fully saturated rings. The zero-order chi connectivity index (χ0) is 22.3. The van der Waals surface area contributed by atoms with Crippen molar-refractivity contribution in [3.63, 3.8) is 0 Å². The van der Waals surface area contributed by atoms with E-state index in [1.165, 1.54) is 28.9 Å². The van der Waals surface area contributed by atoms with Crippen molar-refractivity contribution in [2.75, 3.05) is 26.3 Å². The molecule has 33 heavy (non-hydrogen) atoms. The van der Waals surface area contributed by atoms with Crippen molar-refractivity contribution in [2.24, 2.45) is 0 Å². The van der Waals surface area contributed by atoms with Crippen LogP contribution in [0, 0.1) is 0 Å². The number of hydrogen-bond acceptors (Lipinski definition) is 7. The molecule has 1 aliphatic rings. The summed E-state index contributed by atoms with van der Waals surface area (Å²) in [6, 6.07) is 12.5. The predicted octanol–water partition coefficient (Wildman–Crippen LogP) is 2.42. The van der Waals surface area contributed by atoms with E-state index in [9.17, 15) is 18.3 Å². The smallest absolute Gasteiger partial charge is 0.573 e. The first kappa shape index (κ1) is 22.7. The molecule has 0 atom stereocenters. The lowest BCUT2D eigenvalue weighted by Gasteiger charge is -2.25. The van der Waals surface area contributed by atoms with Gasteiger partial charge >= 0.3 is 12.2 Å². The summed E-state index contributed by atoms with van der Waals surface area (Å²) in [7, 11) is 0. The van der Waals surface area contributed by atoms with Crippen LogP contribution in [0.2, 0.25) is 0 Å². The highest BCUT2D eigenvalue weighted by atomic mass is 19.4. The fourth-order valence-electron chi connectivity index (χ4n) is 3.77. The molecule has 1 saturated heterocycles. The van der Waals surface area contributed by atoms with Crippen molar-refractivity contribution >= 4 is 16.6 Å². The molecule has 0 saturated carbocycles. The molecule has 5 rings (SSSR count). The molecule has 2 aromatic carbocycles. The molecule has 0 unspecified atom stereocenters. The van der Waals surface area contributed by atoms with Crippen LogP contribution < -0.4 is 9.25 Å². The lowest BCUT2D eigenvalue weighted by Crippen LogP contribution is -2.37. The second kappa shape index (κ2) is 8.81. The summed E-state index contributed by atoms with van der Waals surface area (Å²) < 4.78 is 49.6. The van der Waals surface area contributed by atoms with E-state index in [-0.39, 0.29) is 17.1 Å². The summed E-state index contributed by atoms with van der Waals surface area (Å²) in [5.41, 5.74) is 2.87. The molecule has 3 heterocycles. The number of alkyl halides is 3. The van der Waals surface area contributed by atoms with E-state index in [0.717, 1.165) is 13.1 Å². The quantitative estimate of drug-likeness (QED) is 0.463. The van der Waals surface area contributed by atoms with Crippen LogP contribution in [0.25, 0.3) is 22.2 Å². The lowest BCUT2D eigenvalue weighted by atomic mass is 10.2. The van der Waals surface area contributed by atoms with E-state index in [0.29, 0.717) is 47.7 Å². The summed E-state index contributed by atoms with van der Waals surface area (Å²) in [6.07, 6.45) is -4.78. The Bertz CT molecular complexity index is 1270. The van der Waals surface area contributed by atoms with Crippen molar-refractivity contribution in [3.8, 4) is 17.3 Å². The molecular formula is C21H20F3N5O4. The number of ether oxygens (including phenoxy) is 2. The Labute approximate surface area is 185 Å². The molecule has 9 nitrogen and oxygen atoms in total. The summed E-state index contributed by atoms with van der Waals surface area (Å²) in [4.78, 5) is 6.94. The zero-order valence-electron chi connectivity index (χ0n) is 17.2. The van der Waals surface area contributed by atoms with Gasteiger partial charge in [0.2, 0.25) is 0 Å². The third kappa shape index (κ3) is 4.53. The van der Waals surface area contributed by atoms with Gasteiger partial charge in [-0.1, -0.05) is 21.3 Å². The van der Waals surface area contributed by atoms with Gasteiger partial charge in [0.05, 0.1) is 13.2 Å². The maximum atomic E-state index is 12.5. The topological polar surface area (TPSA) is 107 Å². The Kier molecular flexibility index (Phi) is 6.06. The normalized spacial score (nSPS) is 15.0. The maximum Gasteiger partial charge on any atom is 0.573 e. The highest BCUT2D eigenvalue weighted by Crippen LogP contribution is 2.27. The van der Waals surface area contributed by atoms with Crippen molar-refractivity contribution in [3.05, 3.63) is 54.2 Å². The zero-order valence-corrected chi connectivity index (χ0v) is 17.2. The van der Waals surface area contributed by atoms with Crippen LogP contribution >= 0.6 is 0 Å². The second-order valence-corrected chi connectivity index (χ2v) is 7.36. The van der Waals surface area contributed by atoms with Gasteiger partial charge in [-0.2, -0.15) is 0 Å². The van der Waals surface area contributed by atoms with E-state index in [1.807, 2.05) is 24.3 Å². The number of benzene rings is 2. The standard InChI is InChI=1S/C21H18F3N5O3.H2O/c22-21(23,24)32-15-7-5-14(6-8-15)28-20(30)19-17(13-27-9-11-31-12-10-27)25-16-3-1-2-4-18(16)29(19)26-28;/h1-8H,9-13H2;1H2. The third-order valence-corrected chi connectivity index (χ3v) is 5.23. The molecule has 1 aliphatic heterocycles.